The Morgan fingerprint density at radius 2 is 1.80 bits per heavy atom. The molecule has 20 heavy (non-hydrogen) atoms. The number of benzene rings is 2. The van der Waals surface area contributed by atoms with Crippen LogP contribution >= 0.6 is 0 Å². The van der Waals surface area contributed by atoms with Crippen LogP contribution in [0.2, 0.25) is 0 Å². The van der Waals surface area contributed by atoms with Crippen molar-refractivity contribution in [2.75, 3.05) is 6.61 Å². The normalized spacial score (nSPS) is 11.4. The van der Waals surface area contributed by atoms with E-state index in [9.17, 15) is 0 Å². The van der Waals surface area contributed by atoms with Crippen LogP contribution in [0.3, 0.4) is 0 Å². The largest absolute Gasteiger partial charge is 0.494 e. The maximum atomic E-state index is 5.50. The van der Waals surface area contributed by atoms with Gasteiger partial charge in [0.2, 0.25) is 0 Å². The van der Waals surface area contributed by atoms with E-state index in [1.165, 1.54) is 10.8 Å². The molecule has 0 aliphatic heterocycles. The molecule has 2 rings (SSSR count). The lowest BCUT2D eigenvalue weighted by Crippen LogP contribution is -1.97. The highest BCUT2D eigenvalue weighted by atomic mass is 16.5. The van der Waals surface area contributed by atoms with Crippen molar-refractivity contribution in [1.29, 1.82) is 0 Å². The summed E-state index contributed by atoms with van der Waals surface area (Å²) in [7, 11) is 0. The van der Waals surface area contributed by atoms with E-state index in [2.05, 4.69) is 43.5 Å². The van der Waals surface area contributed by atoms with E-state index in [0.29, 0.717) is 12.4 Å². The summed E-state index contributed by atoms with van der Waals surface area (Å²) in [4.78, 5) is 0. The molecule has 1 nitrogen and oxygen atoms in total. The first-order valence-corrected chi connectivity index (χ1v) is 6.84. The molecule has 0 amide bonds. The monoisotopic (exact) mass is 264 g/mol. The van der Waals surface area contributed by atoms with Gasteiger partial charge in [0.1, 0.15) is 5.76 Å². The molecular weight excluding hydrogens is 244 g/mol. The molecule has 0 aliphatic carbocycles. The van der Waals surface area contributed by atoms with Crippen molar-refractivity contribution in [3.8, 4) is 0 Å². The maximum absolute atomic E-state index is 5.50. The summed E-state index contributed by atoms with van der Waals surface area (Å²) in [5.74, 6) is 0.674. The van der Waals surface area contributed by atoms with Gasteiger partial charge in [0.25, 0.3) is 0 Å². The van der Waals surface area contributed by atoms with Crippen molar-refractivity contribution >= 4 is 16.3 Å². The Morgan fingerprint density at radius 1 is 1.10 bits per heavy atom. The fourth-order valence-electron chi connectivity index (χ4n) is 2.29. The fraction of sp³-hybridized carbons (Fsp3) is 0.158. The van der Waals surface area contributed by atoms with Crippen LogP contribution in [-0.2, 0) is 4.74 Å². The summed E-state index contributed by atoms with van der Waals surface area (Å²) >= 11 is 0. The molecule has 0 bridgehead atoms. The number of allylic oxidation sites excluding steroid dienone is 2. The van der Waals surface area contributed by atoms with Crippen LogP contribution in [-0.4, -0.2) is 6.61 Å². The van der Waals surface area contributed by atoms with Gasteiger partial charge in [-0.25, -0.2) is 0 Å². The van der Waals surface area contributed by atoms with Crippen molar-refractivity contribution in [3.05, 3.63) is 78.6 Å². The molecule has 0 spiro atoms. The van der Waals surface area contributed by atoms with Crippen molar-refractivity contribution in [2.24, 2.45) is 0 Å². The summed E-state index contributed by atoms with van der Waals surface area (Å²) in [6.07, 6.45) is 2.00. The molecule has 0 aromatic heterocycles. The van der Waals surface area contributed by atoms with E-state index in [-0.39, 0.29) is 0 Å². The molecule has 0 atom stereocenters. The molecule has 1 heteroatoms. The average Bonchev–Trinajstić information content (AvgIpc) is 2.47. The van der Waals surface area contributed by atoms with E-state index in [0.717, 1.165) is 16.7 Å². The third-order valence-corrected chi connectivity index (χ3v) is 3.33. The van der Waals surface area contributed by atoms with E-state index < -0.39 is 0 Å². The van der Waals surface area contributed by atoms with Gasteiger partial charge in [0.05, 0.1) is 6.61 Å². The van der Waals surface area contributed by atoms with Gasteiger partial charge < -0.3 is 4.74 Å². The molecular formula is C19H20O. The van der Waals surface area contributed by atoms with Gasteiger partial charge in [-0.05, 0) is 41.8 Å². The van der Waals surface area contributed by atoms with Crippen LogP contribution in [0.15, 0.2) is 73.0 Å². The number of fused-ring (bicyclic) bond motifs is 1. The third-order valence-electron chi connectivity index (χ3n) is 3.33. The van der Waals surface area contributed by atoms with Crippen molar-refractivity contribution < 1.29 is 4.74 Å². The van der Waals surface area contributed by atoms with Gasteiger partial charge in [0.15, 0.2) is 0 Å². The van der Waals surface area contributed by atoms with Crippen molar-refractivity contribution in [2.45, 2.75) is 13.8 Å². The summed E-state index contributed by atoms with van der Waals surface area (Å²) in [6, 6.07) is 14.7. The van der Waals surface area contributed by atoms with E-state index in [1.54, 1.807) is 0 Å². The first-order valence-electron chi connectivity index (χ1n) is 6.84. The van der Waals surface area contributed by atoms with Crippen LogP contribution < -0.4 is 0 Å². The minimum Gasteiger partial charge on any atom is -0.494 e. The SMILES string of the molecule is C=C(OCC)/C(=C\C)C(=C)c1ccc2ccccc2c1. The molecule has 0 aliphatic rings. The standard InChI is InChI=1S/C19H20O/c1-5-19(15(4)20-6-2)14(3)17-12-11-16-9-7-8-10-18(16)13-17/h5,7-13H,3-4,6H2,1-2H3/b19-5-. The first kappa shape index (κ1) is 14.1. The van der Waals surface area contributed by atoms with Crippen LogP contribution in [0.1, 0.15) is 19.4 Å². The number of hydrogen-bond acceptors (Lipinski definition) is 1. The summed E-state index contributed by atoms with van der Waals surface area (Å²) in [5.41, 5.74) is 3.00. The van der Waals surface area contributed by atoms with E-state index >= 15 is 0 Å². The fourth-order valence-corrected chi connectivity index (χ4v) is 2.29. The minimum absolute atomic E-state index is 0.612. The smallest absolute Gasteiger partial charge is 0.119 e. The second-order valence-electron chi connectivity index (χ2n) is 4.60. The van der Waals surface area contributed by atoms with Crippen LogP contribution in [0.25, 0.3) is 16.3 Å². The maximum Gasteiger partial charge on any atom is 0.119 e. The third kappa shape index (κ3) is 2.83. The highest BCUT2D eigenvalue weighted by Gasteiger charge is 2.10. The molecule has 0 N–H and O–H groups in total. The molecule has 102 valence electrons. The predicted molar refractivity (Wildman–Crippen MR) is 87.5 cm³/mol. The Kier molecular flexibility index (Phi) is 4.41. The van der Waals surface area contributed by atoms with E-state index in [4.69, 9.17) is 4.74 Å². The number of hydrogen-bond donors (Lipinski definition) is 0. The van der Waals surface area contributed by atoms with E-state index in [1.807, 2.05) is 32.1 Å². The van der Waals surface area contributed by atoms with Crippen LogP contribution in [0, 0.1) is 0 Å². The van der Waals surface area contributed by atoms with Gasteiger partial charge in [-0.15, -0.1) is 0 Å². The second kappa shape index (κ2) is 6.25. The van der Waals surface area contributed by atoms with Crippen molar-refractivity contribution in [3.63, 3.8) is 0 Å². The zero-order valence-corrected chi connectivity index (χ0v) is 12.1. The Bertz CT molecular complexity index is 677. The average molecular weight is 264 g/mol. The molecule has 0 radical (unpaired) electrons. The number of rotatable bonds is 5. The summed E-state index contributed by atoms with van der Waals surface area (Å²) in [6.45, 7) is 12.7. The zero-order chi connectivity index (χ0) is 14.5. The summed E-state index contributed by atoms with van der Waals surface area (Å²) < 4.78 is 5.50. The minimum atomic E-state index is 0.612. The second-order valence-corrected chi connectivity index (χ2v) is 4.60. The zero-order valence-electron chi connectivity index (χ0n) is 12.1. The first-order chi connectivity index (χ1) is 9.67. The highest BCUT2D eigenvalue weighted by Crippen LogP contribution is 2.29. The Balaban J connectivity index is 2.37. The Hall–Kier alpha value is -2.28. The lowest BCUT2D eigenvalue weighted by atomic mass is 9.96. The number of ether oxygens (including phenoxy) is 1. The van der Waals surface area contributed by atoms with Crippen LogP contribution in [0.4, 0.5) is 0 Å². The van der Waals surface area contributed by atoms with Gasteiger partial charge in [0, 0.05) is 5.57 Å². The lowest BCUT2D eigenvalue weighted by Gasteiger charge is -2.14. The van der Waals surface area contributed by atoms with Crippen LogP contribution in [0.5, 0.6) is 0 Å². The Labute approximate surface area is 120 Å². The van der Waals surface area contributed by atoms with Gasteiger partial charge in [-0.3, -0.25) is 0 Å². The lowest BCUT2D eigenvalue weighted by molar-refractivity contribution is 0.241. The molecule has 0 fully saturated rings. The highest BCUT2D eigenvalue weighted by molar-refractivity contribution is 5.89. The molecule has 0 saturated carbocycles. The van der Waals surface area contributed by atoms with Gasteiger partial charge in [-0.2, -0.15) is 0 Å². The van der Waals surface area contributed by atoms with Gasteiger partial charge >= 0.3 is 0 Å². The molecule has 2 aromatic rings. The van der Waals surface area contributed by atoms with Gasteiger partial charge in [-0.1, -0.05) is 55.6 Å². The molecule has 0 unspecified atom stereocenters. The predicted octanol–water partition coefficient (Wildman–Crippen LogP) is 5.35. The molecule has 0 heterocycles. The molecule has 2 aromatic carbocycles. The summed E-state index contributed by atoms with van der Waals surface area (Å²) in [5, 5.41) is 2.44. The Morgan fingerprint density at radius 3 is 2.45 bits per heavy atom. The topological polar surface area (TPSA) is 9.23 Å². The van der Waals surface area contributed by atoms with Crippen molar-refractivity contribution in [1.82, 2.24) is 0 Å². The molecule has 0 saturated heterocycles. The quantitative estimate of drug-likeness (QED) is 0.522.